The van der Waals surface area contributed by atoms with E-state index in [1.807, 2.05) is 23.1 Å². The summed E-state index contributed by atoms with van der Waals surface area (Å²) in [6.45, 7) is 3.75. The first-order valence-electron chi connectivity index (χ1n) is 10.8. The molecule has 0 radical (unpaired) electrons. The standard InChI is InChI=1S/C24H27N3O2/c1-2-26-21-15-18(10-12-20(21)24(29)27-13-4-3-8-22(26)27)23(28)25-19-11-9-16-6-5-7-17(16)14-19/h9-12,14-15,22H,2-8,13H2,1H3,(H,25,28)/t22-/m0/s1. The summed E-state index contributed by atoms with van der Waals surface area (Å²) < 4.78 is 0. The first-order chi connectivity index (χ1) is 14.2. The Bertz CT molecular complexity index is 984. The molecule has 0 unspecified atom stereocenters. The van der Waals surface area contributed by atoms with Crippen LogP contribution in [-0.4, -0.2) is 36.0 Å². The molecule has 2 aromatic rings. The summed E-state index contributed by atoms with van der Waals surface area (Å²) in [5.41, 5.74) is 5.77. The van der Waals surface area contributed by atoms with Crippen LogP contribution in [0.1, 0.15) is 64.4 Å². The van der Waals surface area contributed by atoms with E-state index in [1.54, 1.807) is 6.07 Å². The molecule has 1 atom stereocenters. The van der Waals surface area contributed by atoms with Gasteiger partial charge in [0.15, 0.2) is 0 Å². The highest BCUT2D eigenvalue weighted by atomic mass is 16.2. The van der Waals surface area contributed by atoms with Crippen molar-refractivity contribution in [3.05, 3.63) is 58.7 Å². The number of amides is 2. The number of nitrogens with zero attached hydrogens (tertiary/aromatic N) is 2. The highest BCUT2D eigenvalue weighted by Gasteiger charge is 2.38. The Hall–Kier alpha value is -2.82. The number of hydrogen-bond donors (Lipinski definition) is 1. The van der Waals surface area contributed by atoms with Crippen molar-refractivity contribution in [2.45, 2.75) is 51.6 Å². The second kappa shape index (κ2) is 7.21. The minimum absolute atomic E-state index is 0.0972. The number of rotatable bonds is 3. The smallest absolute Gasteiger partial charge is 0.257 e. The molecule has 5 nitrogen and oxygen atoms in total. The molecule has 1 saturated heterocycles. The van der Waals surface area contributed by atoms with Crippen LogP contribution in [0.3, 0.4) is 0 Å². The Labute approximate surface area is 171 Å². The molecule has 2 aliphatic heterocycles. The normalized spacial score (nSPS) is 20.2. The van der Waals surface area contributed by atoms with E-state index in [9.17, 15) is 9.59 Å². The number of carbonyl (C=O) groups excluding carboxylic acids is 2. The lowest BCUT2D eigenvalue weighted by atomic mass is 9.97. The number of benzene rings is 2. The first kappa shape index (κ1) is 18.2. The highest BCUT2D eigenvalue weighted by molar-refractivity contribution is 6.08. The molecule has 0 saturated carbocycles. The predicted octanol–water partition coefficient (Wildman–Crippen LogP) is 4.22. The predicted molar refractivity (Wildman–Crippen MR) is 115 cm³/mol. The van der Waals surface area contributed by atoms with Crippen LogP contribution in [0.15, 0.2) is 36.4 Å². The Morgan fingerprint density at radius 1 is 1.07 bits per heavy atom. The van der Waals surface area contributed by atoms with Crippen molar-refractivity contribution in [3.63, 3.8) is 0 Å². The van der Waals surface area contributed by atoms with Crippen molar-refractivity contribution in [1.82, 2.24) is 4.90 Å². The summed E-state index contributed by atoms with van der Waals surface area (Å²) in [7, 11) is 0. The van der Waals surface area contributed by atoms with Crippen LogP contribution in [-0.2, 0) is 12.8 Å². The molecule has 2 aromatic carbocycles. The van der Waals surface area contributed by atoms with E-state index in [4.69, 9.17) is 0 Å². The van der Waals surface area contributed by atoms with Crippen molar-refractivity contribution in [3.8, 4) is 0 Å². The van der Waals surface area contributed by atoms with Gasteiger partial charge in [-0.2, -0.15) is 0 Å². The van der Waals surface area contributed by atoms with Gasteiger partial charge in [0.05, 0.1) is 11.3 Å². The summed E-state index contributed by atoms with van der Waals surface area (Å²) in [5.74, 6) is -0.0275. The monoisotopic (exact) mass is 389 g/mol. The number of anilines is 2. The molecule has 1 fully saturated rings. The van der Waals surface area contributed by atoms with Gasteiger partial charge >= 0.3 is 0 Å². The zero-order valence-corrected chi connectivity index (χ0v) is 16.9. The van der Waals surface area contributed by atoms with E-state index in [1.165, 1.54) is 17.5 Å². The summed E-state index contributed by atoms with van der Waals surface area (Å²) in [5, 5.41) is 3.04. The van der Waals surface area contributed by atoms with Crippen LogP contribution in [0.2, 0.25) is 0 Å². The maximum absolute atomic E-state index is 13.0. The molecule has 0 aromatic heterocycles. The molecule has 5 heteroatoms. The topological polar surface area (TPSA) is 52.7 Å². The molecule has 2 heterocycles. The van der Waals surface area contributed by atoms with Crippen LogP contribution in [0.4, 0.5) is 11.4 Å². The lowest BCUT2D eigenvalue weighted by Crippen LogP contribution is -2.57. The van der Waals surface area contributed by atoms with Crippen LogP contribution >= 0.6 is 0 Å². The zero-order valence-electron chi connectivity index (χ0n) is 16.9. The lowest BCUT2D eigenvalue weighted by Gasteiger charge is -2.47. The molecule has 0 spiro atoms. The molecule has 29 heavy (non-hydrogen) atoms. The summed E-state index contributed by atoms with van der Waals surface area (Å²) in [6, 6.07) is 11.7. The Balaban J connectivity index is 1.44. The van der Waals surface area contributed by atoms with Gasteiger partial charge in [0.1, 0.15) is 6.17 Å². The molecule has 150 valence electrons. The largest absolute Gasteiger partial charge is 0.351 e. The number of piperidine rings is 1. The highest BCUT2D eigenvalue weighted by Crippen LogP contribution is 2.36. The van der Waals surface area contributed by atoms with Gasteiger partial charge < -0.3 is 15.1 Å². The van der Waals surface area contributed by atoms with E-state index in [-0.39, 0.29) is 18.0 Å². The first-order valence-corrected chi connectivity index (χ1v) is 10.8. The van der Waals surface area contributed by atoms with Gasteiger partial charge in [0.25, 0.3) is 11.8 Å². The quantitative estimate of drug-likeness (QED) is 0.855. The minimum atomic E-state index is -0.125. The SMILES string of the molecule is CCN1c2cc(C(=O)Nc3ccc4c(c3)CCC4)ccc2C(=O)N2CCCC[C@H]21. The maximum atomic E-state index is 13.0. The minimum Gasteiger partial charge on any atom is -0.351 e. The Kier molecular flexibility index (Phi) is 4.53. The number of aryl methyl sites for hydroxylation is 2. The number of hydrogen-bond acceptors (Lipinski definition) is 3. The van der Waals surface area contributed by atoms with Crippen LogP contribution in [0, 0.1) is 0 Å². The zero-order chi connectivity index (χ0) is 20.0. The Morgan fingerprint density at radius 2 is 1.93 bits per heavy atom. The Morgan fingerprint density at radius 3 is 2.79 bits per heavy atom. The fourth-order valence-corrected chi connectivity index (χ4v) is 5.12. The second-order valence-corrected chi connectivity index (χ2v) is 8.28. The number of carbonyl (C=O) groups is 2. The van der Waals surface area contributed by atoms with Crippen LogP contribution < -0.4 is 10.2 Å². The molecule has 2 amide bonds. The molecule has 1 N–H and O–H groups in total. The van der Waals surface area contributed by atoms with E-state index >= 15 is 0 Å². The lowest BCUT2D eigenvalue weighted by molar-refractivity contribution is 0.0582. The van der Waals surface area contributed by atoms with Crippen molar-refractivity contribution in [2.24, 2.45) is 0 Å². The molecule has 0 bridgehead atoms. The van der Waals surface area contributed by atoms with Crippen molar-refractivity contribution in [2.75, 3.05) is 23.3 Å². The third-order valence-corrected chi connectivity index (χ3v) is 6.59. The molecule has 3 aliphatic rings. The summed E-state index contributed by atoms with van der Waals surface area (Å²) >= 11 is 0. The van der Waals surface area contributed by atoms with Gasteiger partial charge in [-0.3, -0.25) is 9.59 Å². The number of fused-ring (bicyclic) bond motifs is 3. The second-order valence-electron chi connectivity index (χ2n) is 8.28. The third kappa shape index (κ3) is 3.09. The molecular formula is C24H27N3O2. The van der Waals surface area contributed by atoms with Crippen molar-refractivity contribution < 1.29 is 9.59 Å². The fraction of sp³-hybridized carbons (Fsp3) is 0.417. The van der Waals surface area contributed by atoms with Gasteiger partial charge in [-0.25, -0.2) is 0 Å². The van der Waals surface area contributed by atoms with Crippen molar-refractivity contribution in [1.29, 1.82) is 0 Å². The van der Waals surface area contributed by atoms with Gasteiger partial charge in [-0.15, -0.1) is 0 Å². The van der Waals surface area contributed by atoms with Gasteiger partial charge in [0, 0.05) is 24.3 Å². The molecule has 1 aliphatic carbocycles. The van der Waals surface area contributed by atoms with E-state index in [0.717, 1.165) is 56.6 Å². The maximum Gasteiger partial charge on any atom is 0.257 e. The summed E-state index contributed by atoms with van der Waals surface area (Å²) in [4.78, 5) is 30.2. The average molecular weight is 389 g/mol. The summed E-state index contributed by atoms with van der Waals surface area (Å²) in [6.07, 6.45) is 6.72. The number of nitrogens with one attached hydrogen (secondary N) is 1. The van der Waals surface area contributed by atoms with Gasteiger partial charge in [-0.1, -0.05) is 6.07 Å². The van der Waals surface area contributed by atoms with Crippen LogP contribution in [0.25, 0.3) is 0 Å². The molecular weight excluding hydrogens is 362 g/mol. The fourth-order valence-electron chi connectivity index (χ4n) is 5.12. The van der Waals surface area contributed by atoms with E-state index in [0.29, 0.717) is 11.1 Å². The van der Waals surface area contributed by atoms with Crippen molar-refractivity contribution >= 4 is 23.2 Å². The van der Waals surface area contributed by atoms with Gasteiger partial charge in [0.2, 0.25) is 0 Å². The van der Waals surface area contributed by atoms with E-state index < -0.39 is 0 Å². The van der Waals surface area contributed by atoms with Crippen LogP contribution in [0.5, 0.6) is 0 Å². The third-order valence-electron chi connectivity index (χ3n) is 6.59. The van der Waals surface area contributed by atoms with E-state index in [2.05, 4.69) is 29.3 Å². The van der Waals surface area contributed by atoms with Gasteiger partial charge in [-0.05, 0) is 86.9 Å². The average Bonchev–Trinajstić information content (AvgIpc) is 3.22. The molecule has 5 rings (SSSR count).